The Balaban J connectivity index is 3.56. The predicted molar refractivity (Wildman–Crippen MR) is 39.1 cm³/mol. The maximum absolute atomic E-state index is 8.99. The molecule has 0 radical (unpaired) electrons. The molecule has 4 nitrogen and oxygen atoms in total. The van der Waals surface area contributed by atoms with Gasteiger partial charge in [-0.25, -0.2) is 0 Å². The molecular formula is C6H14N2O2. The quantitative estimate of drug-likeness (QED) is 0.387. The highest BCUT2D eigenvalue weighted by Gasteiger charge is 2.11. The summed E-state index contributed by atoms with van der Waals surface area (Å²) in [6.07, 6.45) is -1.39. The summed E-state index contributed by atoms with van der Waals surface area (Å²) in [5.41, 5.74) is 5.25. The van der Waals surface area contributed by atoms with Crippen LogP contribution in [0.3, 0.4) is 0 Å². The topological polar surface area (TPSA) is 90.3 Å². The van der Waals surface area contributed by atoms with Crippen LogP contribution >= 0.6 is 0 Å². The summed E-state index contributed by atoms with van der Waals surface area (Å²) in [6, 6.07) is 0. The summed E-state index contributed by atoms with van der Waals surface area (Å²) in [5, 5.41) is 24.9. The third kappa shape index (κ3) is 3.55. The van der Waals surface area contributed by atoms with E-state index in [0.717, 1.165) is 0 Å². The van der Waals surface area contributed by atoms with Crippen LogP contribution in [0.4, 0.5) is 0 Å². The van der Waals surface area contributed by atoms with Crippen molar-refractivity contribution in [3.8, 4) is 0 Å². The van der Waals surface area contributed by atoms with Gasteiger partial charge in [0.1, 0.15) is 0 Å². The van der Waals surface area contributed by atoms with Crippen LogP contribution in [0.2, 0.25) is 0 Å². The number of aliphatic hydroxyl groups is 2. The Labute approximate surface area is 60.2 Å². The van der Waals surface area contributed by atoms with Crippen LogP contribution < -0.4 is 5.73 Å². The predicted octanol–water partition coefficient (Wildman–Crippen LogP) is -0.903. The van der Waals surface area contributed by atoms with Gasteiger partial charge in [0.15, 0.2) is 0 Å². The van der Waals surface area contributed by atoms with E-state index in [1.165, 1.54) is 6.92 Å². The summed E-state index contributed by atoms with van der Waals surface area (Å²) >= 11 is 0. The monoisotopic (exact) mass is 146 g/mol. The van der Waals surface area contributed by atoms with E-state index in [9.17, 15) is 0 Å². The van der Waals surface area contributed by atoms with Crippen LogP contribution in [0, 0.1) is 5.41 Å². The minimum Gasteiger partial charge on any atom is -0.392 e. The van der Waals surface area contributed by atoms with E-state index in [4.69, 9.17) is 21.4 Å². The van der Waals surface area contributed by atoms with E-state index in [1.807, 2.05) is 0 Å². The highest BCUT2D eigenvalue weighted by molar-refractivity contribution is 5.82. The third-order valence-corrected chi connectivity index (χ3v) is 1.27. The second-order valence-corrected chi connectivity index (χ2v) is 2.32. The Morgan fingerprint density at radius 1 is 1.60 bits per heavy atom. The van der Waals surface area contributed by atoms with E-state index in [1.54, 1.807) is 0 Å². The number of nitrogens with two attached hydrogens (primary N) is 1. The molecule has 0 rings (SSSR count). The fourth-order valence-electron chi connectivity index (χ4n) is 0.531. The number of aliphatic hydroxyl groups excluding tert-OH is 2. The largest absolute Gasteiger partial charge is 0.392 e. The van der Waals surface area contributed by atoms with Crippen molar-refractivity contribution in [1.29, 1.82) is 5.41 Å². The average Bonchev–Trinajstić information content (AvgIpc) is 1.87. The van der Waals surface area contributed by atoms with Gasteiger partial charge >= 0.3 is 0 Å². The molecule has 0 aromatic rings. The molecule has 0 aromatic carbocycles. The highest BCUT2D eigenvalue weighted by Crippen LogP contribution is 1.97. The van der Waals surface area contributed by atoms with Crippen LogP contribution in [-0.4, -0.2) is 34.7 Å². The van der Waals surface area contributed by atoms with Crippen molar-refractivity contribution in [3.05, 3.63) is 0 Å². The van der Waals surface area contributed by atoms with Gasteiger partial charge in [0.2, 0.25) is 0 Å². The minimum atomic E-state index is -0.849. The van der Waals surface area contributed by atoms with Crippen molar-refractivity contribution in [1.82, 2.24) is 0 Å². The van der Waals surface area contributed by atoms with Crippen LogP contribution in [0.25, 0.3) is 0 Å². The molecule has 4 heteroatoms. The summed E-state index contributed by atoms with van der Waals surface area (Å²) in [4.78, 5) is 0. The molecule has 2 atom stereocenters. The Bertz CT molecular complexity index is 116. The maximum atomic E-state index is 8.99. The van der Waals surface area contributed by atoms with E-state index in [2.05, 4.69) is 0 Å². The van der Waals surface area contributed by atoms with Gasteiger partial charge in [-0.15, -0.1) is 0 Å². The average molecular weight is 146 g/mol. The molecule has 5 N–H and O–H groups in total. The standard InChI is InChI=1S/C6H14N2O2/c1-4(8)6(10)2-5(9)3-7/h5-6,8-10H,2-3,7H2,1H3. The lowest BCUT2D eigenvalue weighted by Crippen LogP contribution is -2.28. The SMILES string of the molecule is CC(=N)C(O)CC(O)CN. The van der Waals surface area contributed by atoms with Crippen molar-refractivity contribution in [2.24, 2.45) is 5.73 Å². The molecule has 0 bridgehead atoms. The van der Waals surface area contributed by atoms with Crippen molar-refractivity contribution < 1.29 is 10.2 Å². The van der Waals surface area contributed by atoms with Crippen LogP contribution in [-0.2, 0) is 0 Å². The molecule has 2 unspecified atom stereocenters. The van der Waals surface area contributed by atoms with Gasteiger partial charge in [0.25, 0.3) is 0 Å². The zero-order chi connectivity index (χ0) is 8.15. The Morgan fingerprint density at radius 3 is 2.40 bits per heavy atom. The van der Waals surface area contributed by atoms with Gasteiger partial charge in [-0.05, 0) is 6.92 Å². The smallest absolute Gasteiger partial charge is 0.0936 e. The zero-order valence-corrected chi connectivity index (χ0v) is 6.04. The van der Waals surface area contributed by atoms with Crippen molar-refractivity contribution >= 4 is 5.71 Å². The Hall–Kier alpha value is -0.450. The molecule has 0 amide bonds. The Kier molecular flexibility index (Phi) is 4.18. The van der Waals surface area contributed by atoms with Crippen molar-refractivity contribution in [3.63, 3.8) is 0 Å². The first kappa shape index (κ1) is 9.55. The molecular weight excluding hydrogens is 132 g/mol. The van der Waals surface area contributed by atoms with Crippen molar-refractivity contribution in [2.45, 2.75) is 25.6 Å². The molecule has 0 saturated carbocycles. The lowest BCUT2D eigenvalue weighted by Gasteiger charge is -2.12. The first-order chi connectivity index (χ1) is 4.57. The van der Waals surface area contributed by atoms with Crippen LogP contribution in [0.5, 0.6) is 0 Å². The van der Waals surface area contributed by atoms with Gasteiger partial charge in [-0.2, -0.15) is 0 Å². The molecule has 0 spiro atoms. The second-order valence-electron chi connectivity index (χ2n) is 2.32. The molecule has 0 aliphatic rings. The lowest BCUT2D eigenvalue weighted by atomic mass is 10.1. The van der Waals surface area contributed by atoms with Gasteiger partial charge in [-0.1, -0.05) is 0 Å². The first-order valence-corrected chi connectivity index (χ1v) is 3.19. The Morgan fingerprint density at radius 2 is 2.10 bits per heavy atom. The molecule has 60 valence electrons. The molecule has 0 saturated heterocycles. The fourth-order valence-corrected chi connectivity index (χ4v) is 0.531. The first-order valence-electron chi connectivity index (χ1n) is 3.19. The maximum Gasteiger partial charge on any atom is 0.0936 e. The molecule has 0 aliphatic carbocycles. The number of hydrogen-bond acceptors (Lipinski definition) is 4. The zero-order valence-electron chi connectivity index (χ0n) is 6.04. The second kappa shape index (κ2) is 4.38. The minimum absolute atomic E-state index is 0.129. The highest BCUT2D eigenvalue weighted by atomic mass is 16.3. The van der Waals surface area contributed by atoms with Crippen LogP contribution in [0.15, 0.2) is 0 Å². The van der Waals surface area contributed by atoms with Crippen molar-refractivity contribution in [2.75, 3.05) is 6.54 Å². The molecule has 0 aromatic heterocycles. The molecule has 0 aliphatic heterocycles. The summed E-state index contributed by atoms with van der Waals surface area (Å²) in [7, 11) is 0. The molecule has 0 heterocycles. The number of rotatable bonds is 4. The van der Waals surface area contributed by atoms with Gasteiger partial charge in [0, 0.05) is 18.7 Å². The number of nitrogens with one attached hydrogen (secondary N) is 1. The lowest BCUT2D eigenvalue weighted by molar-refractivity contribution is 0.117. The van der Waals surface area contributed by atoms with E-state index in [-0.39, 0.29) is 18.7 Å². The number of hydrogen-bond donors (Lipinski definition) is 4. The normalized spacial score (nSPS) is 16.4. The van der Waals surface area contributed by atoms with Gasteiger partial charge in [0.05, 0.1) is 12.2 Å². The summed E-state index contributed by atoms with van der Waals surface area (Å²) in [6.45, 7) is 1.62. The third-order valence-electron chi connectivity index (χ3n) is 1.27. The summed E-state index contributed by atoms with van der Waals surface area (Å²) in [5.74, 6) is 0. The van der Waals surface area contributed by atoms with Gasteiger partial charge in [-0.3, -0.25) is 0 Å². The fraction of sp³-hybridized carbons (Fsp3) is 0.833. The molecule has 10 heavy (non-hydrogen) atoms. The van der Waals surface area contributed by atoms with Crippen LogP contribution in [0.1, 0.15) is 13.3 Å². The van der Waals surface area contributed by atoms with E-state index >= 15 is 0 Å². The summed E-state index contributed by atoms with van der Waals surface area (Å²) < 4.78 is 0. The van der Waals surface area contributed by atoms with Gasteiger partial charge < -0.3 is 21.4 Å². The van der Waals surface area contributed by atoms with E-state index in [0.29, 0.717) is 0 Å². The van der Waals surface area contributed by atoms with E-state index < -0.39 is 12.2 Å². The molecule has 0 fully saturated rings.